The zero-order chi connectivity index (χ0) is 18.6. The molecule has 1 saturated heterocycles. The van der Waals surface area contributed by atoms with E-state index >= 15 is 0 Å². The van der Waals surface area contributed by atoms with E-state index in [1.54, 1.807) is 0 Å². The minimum Gasteiger partial charge on any atom is -0.381 e. The van der Waals surface area contributed by atoms with Gasteiger partial charge >= 0.3 is 0 Å². The molecule has 1 saturated carbocycles. The predicted molar refractivity (Wildman–Crippen MR) is 112 cm³/mol. The van der Waals surface area contributed by atoms with Crippen molar-refractivity contribution in [2.24, 2.45) is 11.8 Å². The molecule has 0 atom stereocenters. The van der Waals surface area contributed by atoms with E-state index in [-0.39, 0.29) is 5.91 Å². The number of hydrogen-bond acceptors (Lipinski definition) is 2. The van der Waals surface area contributed by atoms with Crippen LogP contribution in [0.3, 0.4) is 0 Å². The van der Waals surface area contributed by atoms with Crippen LogP contribution in [0.1, 0.15) is 55.3 Å². The van der Waals surface area contributed by atoms with Crippen LogP contribution < -0.4 is 5.32 Å². The zero-order valence-corrected chi connectivity index (χ0v) is 17.5. The molecule has 1 aliphatic heterocycles. The molecule has 1 aromatic carbocycles. The number of carbonyl (C=O) groups is 1. The summed E-state index contributed by atoms with van der Waals surface area (Å²) in [6.45, 7) is 3.47. The number of nitrogens with zero attached hydrogens (tertiary/aromatic N) is 1. The van der Waals surface area contributed by atoms with Crippen LogP contribution in [0.4, 0.5) is 0 Å². The summed E-state index contributed by atoms with van der Waals surface area (Å²) in [5.74, 6) is 1.34. The first kappa shape index (κ1) is 19.0. The first-order valence-corrected chi connectivity index (χ1v) is 11.1. The fourth-order valence-electron chi connectivity index (χ4n) is 4.34. The number of hydrogen-bond donors (Lipinski definition) is 1. The number of nitrogens with one attached hydrogen (secondary N) is 1. The van der Waals surface area contributed by atoms with Gasteiger partial charge in [0.25, 0.3) is 5.91 Å². The first-order valence-electron chi connectivity index (χ1n) is 10.4. The smallest absolute Gasteiger partial charge is 0.253 e. The first-order chi connectivity index (χ1) is 13.2. The lowest BCUT2D eigenvalue weighted by Crippen LogP contribution is -2.29. The van der Waals surface area contributed by atoms with E-state index in [1.165, 1.54) is 38.5 Å². The number of amides is 1. The van der Waals surface area contributed by atoms with Crippen LogP contribution in [0.2, 0.25) is 0 Å². The molecular weight excluding hydrogens is 404 g/mol. The van der Waals surface area contributed by atoms with Gasteiger partial charge in [0, 0.05) is 40.6 Å². The van der Waals surface area contributed by atoms with Crippen molar-refractivity contribution in [3.63, 3.8) is 0 Å². The van der Waals surface area contributed by atoms with Crippen LogP contribution >= 0.6 is 15.9 Å². The summed E-state index contributed by atoms with van der Waals surface area (Å²) in [6, 6.07) is 6.18. The molecule has 4 rings (SSSR count). The SMILES string of the molecule is O=C(NCC1CCCCCC1)c1cn(CCC2COC2)c2cccc(Br)c12. The second-order valence-corrected chi connectivity index (χ2v) is 8.98. The van der Waals surface area contributed by atoms with Gasteiger partial charge in [-0.1, -0.05) is 47.7 Å². The minimum absolute atomic E-state index is 0.0573. The highest BCUT2D eigenvalue weighted by Gasteiger charge is 2.21. The van der Waals surface area contributed by atoms with Crippen molar-refractivity contribution >= 4 is 32.7 Å². The summed E-state index contributed by atoms with van der Waals surface area (Å²) < 4.78 is 8.52. The van der Waals surface area contributed by atoms with E-state index in [1.807, 2.05) is 18.3 Å². The van der Waals surface area contributed by atoms with Gasteiger partial charge in [-0.2, -0.15) is 0 Å². The average molecular weight is 433 g/mol. The molecule has 0 bridgehead atoms. The van der Waals surface area contributed by atoms with Crippen molar-refractivity contribution < 1.29 is 9.53 Å². The molecule has 1 N–H and O–H groups in total. The fraction of sp³-hybridized carbons (Fsp3) is 0.591. The van der Waals surface area contributed by atoms with Gasteiger partial charge in [-0.3, -0.25) is 4.79 Å². The molecule has 5 heteroatoms. The molecule has 0 spiro atoms. The molecule has 0 radical (unpaired) electrons. The van der Waals surface area contributed by atoms with Crippen molar-refractivity contribution in [2.45, 2.75) is 51.5 Å². The second kappa shape index (κ2) is 8.78. The lowest BCUT2D eigenvalue weighted by atomic mass is 10.0. The van der Waals surface area contributed by atoms with E-state index in [2.05, 4.69) is 31.9 Å². The third-order valence-electron chi connectivity index (χ3n) is 6.11. The molecule has 146 valence electrons. The molecule has 2 fully saturated rings. The molecule has 4 nitrogen and oxygen atoms in total. The third-order valence-corrected chi connectivity index (χ3v) is 6.77. The highest BCUT2D eigenvalue weighted by molar-refractivity contribution is 9.10. The molecule has 1 aromatic heterocycles. The van der Waals surface area contributed by atoms with Crippen molar-refractivity contribution in [2.75, 3.05) is 19.8 Å². The normalized spacial score (nSPS) is 19.0. The largest absolute Gasteiger partial charge is 0.381 e. The Kier molecular flexibility index (Phi) is 6.18. The minimum atomic E-state index is 0.0573. The Hall–Kier alpha value is -1.33. The standard InChI is InChI=1S/C22H29BrN2O2/c23-19-8-5-9-20-21(19)18(13-25(20)11-10-17-14-27-15-17)22(26)24-12-16-6-3-1-2-4-7-16/h5,8-9,13,16-17H,1-4,6-7,10-12,14-15H2,(H,24,26). The summed E-state index contributed by atoms with van der Waals surface area (Å²) in [5, 5.41) is 4.25. The highest BCUT2D eigenvalue weighted by Crippen LogP contribution is 2.30. The van der Waals surface area contributed by atoms with Crippen LogP contribution in [-0.4, -0.2) is 30.2 Å². The predicted octanol–water partition coefficient (Wildman–Crippen LogP) is 5.14. The Bertz CT molecular complexity index is 789. The highest BCUT2D eigenvalue weighted by atomic mass is 79.9. The number of aryl methyl sites for hydroxylation is 1. The lowest BCUT2D eigenvalue weighted by molar-refractivity contribution is -0.0370. The van der Waals surface area contributed by atoms with Gasteiger partial charge in [-0.25, -0.2) is 0 Å². The molecular formula is C22H29BrN2O2. The third kappa shape index (κ3) is 4.40. The molecule has 2 aliphatic rings. The van der Waals surface area contributed by atoms with Crippen LogP contribution in [0.25, 0.3) is 10.9 Å². The molecule has 1 aliphatic carbocycles. The van der Waals surface area contributed by atoms with E-state index in [9.17, 15) is 4.79 Å². The van der Waals surface area contributed by atoms with Gasteiger partial charge in [-0.05, 0) is 37.3 Å². The van der Waals surface area contributed by atoms with Crippen molar-refractivity contribution in [1.82, 2.24) is 9.88 Å². The quantitative estimate of drug-likeness (QED) is 0.641. The van der Waals surface area contributed by atoms with Gasteiger partial charge in [0.15, 0.2) is 0 Å². The molecule has 2 aromatic rings. The number of ether oxygens (including phenoxy) is 1. The topological polar surface area (TPSA) is 43.3 Å². The van der Waals surface area contributed by atoms with Gasteiger partial charge in [-0.15, -0.1) is 0 Å². The second-order valence-electron chi connectivity index (χ2n) is 8.13. The van der Waals surface area contributed by atoms with E-state index in [0.717, 1.165) is 53.7 Å². The van der Waals surface area contributed by atoms with Gasteiger partial charge < -0.3 is 14.6 Å². The van der Waals surface area contributed by atoms with Gasteiger partial charge in [0.05, 0.1) is 18.8 Å². The summed E-state index contributed by atoms with van der Waals surface area (Å²) >= 11 is 3.66. The summed E-state index contributed by atoms with van der Waals surface area (Å²) in [7, 11) is 0. The van der Waals surface area contributed by atoms with Crippen molar-refractivity contribution in [1.29, 1.82) is 0 Å². The Morgan fingerprint density at radius 2 is 1.93 bits per heavy atom. The van der Waals surface area contributed by atoms with Crippen molar-refractivity contribution in [3.05, 3.63) is 34.4 Å². The molecule has 1 amide bonds. The Morgan fingerprint density at radius 3 is 2.63 bits per heavy atom. The van der Waals surface area contributed by atoms with E-state index in [4.69, 9.17) is 4.74 Å². The maximum Gasteiger partial charge on any atom is 0.253 e. The maximum absolute atomic E-state index is 13.0. The van der Waals surface area contributed by atoms with Gasteiger partial charge in [0.2, 0.25) is 0 Å². The van der Waals surface area contributed by atoms with Crippen LogP contribution in [0, 0.1) is 11.8 Å². The number of carbonyl (C=O) groups excluding carboxylic acids is 1. The monoisotopic (exact) mass is 432 g/mol. The van der Waals surface area contributed by atoms with Crippen LogP contribution in [0.5, 0.6) is 0 Å². The molecule has 0 unspecified atom stereocenters. The van der Waals surface area contributed by atoms with Crippen molar-refractivity contribution in [3.8, 4) is 0 Å². The average Bonchev–Trinajstić information content (AvgIpc) is 2.82. The Morgan fingerprint density at radius 1 is 1.15 bits per heavy atom. The van der Waals surface area contributed by atoms with E-state index in [0.29, 0.717) is 11.8 Å². The summed E-state index contributed by atoms with van der Waals surface area (Å²) in [5.41, 5.74) is 1.92. The number of aromatic nitrogens is 1. The summed E-state index contributed by atoms with van der Waals surface area (Å²) in [6.07, 6.45) is 10.9. The number of benzene rings is 1. The van der Waals surface area contributed by atoms with E-state index < -0.39 is 0 Å². The lowest BCUT2D eigenvalue weighted by Gasteiger charge is -2.26. The maximum atomic E-state index is 13.0. The number of fused-ring (bicyclic) bond motifs is 1. The summed E-state index contributed by atoms with van der Waals surface area (Å²) in [4.78, 5) is 13.0. The Balaban J connectivity index is 1.49. The van der Waals surface area contributed by atoms with Crippen LogP contribution in [0.15, 0.2) is 28.9 Å². The number of rotatable bonds is 6. The zero-order valence-electron chi connectivity index (χ0n) is 15.9. The molecule has 27 heavy (non-hydrogen) atoms. The number of halogens is 1. The van der Waals surface area contributed by atoms with Crippen LogP contribution in [-0.2, 0) is 11.3 Å². The van der Waals surface area contributed by atoms with Gasteiger partial charge in [0.1, 0.15) is 0 Å². The Labute approximate surface area is 169 Å². The fourth-order valence-corrected chi connectivity index (χ4v) is 4.91. The molecule has 2 heterocycles.